The highest BCUT2D eigenvalue weighted by Crippen LogP contribution is 1.98. The van der Waals surface area contributed by atoms with Crippen molar-refractivity contribution in [1.29, 1.82) is 0 Å². The third-order valence-corrected chi connectivity index (χ3v) is 1.30. The first-order valence-corrected chi connectivity index (χ1v) is 3.83. The summed E-state index contributed by atoms with van der Waals surface area (Å²) in [4.78, 5) is 6.14. The van der Waals surface area contributed by atoms with E-state index in [9.17, 15) is 0 Å². The fraction of sp³-hybridized carbons (Fsp3) is 0.714. The van der Waals surface area contributed by atoms with Crippen LogP contribution in [0.5, 0.6) is 0 Å². The van der Waals surface area contributed by atoms with Gasteiger partial charge in [-0.1, -0.05) is 5.16 Å². The Morgan fingerprint density at radius 3 is 2.83 bits per heavy atom. The maximum atomic E-state index is 4.99. The van der Waals surface area contributed by atoms with Crippen molar-refractivity contribution in [3.63, 3.8) is 0 Å². The van der Waals surface area contributed by atoms with Crippen molar-refractivity contribution in [1.82, 2.24) is 20.4 Å². The van der Waals surface area contributed by atoms with Crippen LogP contribution in [0, 0.1) is 0 Å². The van der Waals surface area contributed by atoms with E-state index in [1.807, 2.05) is 26.0 Å². The molecule has 5 heteroatoms. The molecule has 0 spiro atoms. The molecule has 0 bridgehead atoms. The van der Waals surface area contributed by atoms with E-state index in [1.165, 1.54) is 0 Å². The van der Waals surface area contributed by atoms with E-state index in [1.54, 1.807) is 0 Å². The van der Waals surface area contributed by atoms with E-state index in [0.29, 0.717) is 24.8 Å². The van der Waals surface area contributed by atoms with E-state index < -0.39 is 0 Å². The second-order valence-corrected chi connectivity index (χ2v) is 2.87. The summed E-state index contributed by atoms with van der Waals surface area (Å²) in [5, 5.41) is 6.74. The molecule has 0 aliphatic carbocycles. The topological polar surface area (TPSA) is 54.2 Å². The summed E-state index contributed by atoms with van der Waals surface area (Å²) >= 11 is 0. The first kappa shape index (κ1) is 9.15. The molecule has 0 aliphatic heterocycles. The Labute approximate surface area is 71.8 Å². The Bertz CT molecular complexity index is 233. The minimum absolute atomic E-state index is 0.650. The number of nitrogens with one attached hydrogen (secondary N) is 1. The largest absolute Gasteiger partial charge is 0.338 e. The molecule has 0 fully saturated rings. The molecule has 1 aromatic heterocycles. The van der Waals surface area contributed by atoms with Crippen molar-refractivity contribution < 1.29 is 4.52 Å². The smallest absolute Gasteiger partial charge is 0.240 e. The maximum absolute atomic E-state index is 4.99. The minimum Gasteiger partial charge on any atom is -0.338 e. The fourth-order valence-corrected chi connectivity index (χ4v) is 0.855. The lowest BCUT2D eigenvalue weighted by atomic mass is 10.5. The van der Waals surface area contributed by atoms with Gasteiger partial charge in [0.25, 0.3) is 0 Å². The zero-order valence-electron chi connectivity index (χ0n) is 7.66. The molecule has 0 saturated carbocycles. The van der Waals surface area contributed by atoms with Gasteiger partial charge in [-0.25, -0.2) is 0 Å². The zero-order chi connectivity index (χ0) is 8.97. The van der Waals surface area contributed by atoms with Crippen LogP contribution in [0.25, 0.3) is 0 Å². The van der Waals surface area contributed by atoms with Crippen LogP contribution < -0.4 is 5.32 Å². The van der Waals surface area contributed by atoms with E-state index in [-0.39, 0.29) is 0 Å². The quantitative estimate of drug-likeness (QED) is 0.681. The van der Waals surface area contributed by atoms with Crippen LogP contribution in [0.3, 0.4) is 0 Å². The van der Waals surface area contributed by atoms with Gasteiger partial charge in [-0.3, -0.25) is 0 Å². The molecule has 1 aromatic rings. The van der Waals surface area contributed by atoms with Crippen LogP contribution in [-0.4, -0.2) is 36.2 Å². The average Bonchev–Trinajstić information content (AvgIpc) is 2.36. The SMILES string of the molecule is CNCc1noc(CN(C)C)n1. The Morgan fingerprint density at radius 2 is 2.25 bits per heavy atom. The molecule has 1 N–H and O–H groups in total. The summed E-state index contributed by atoms with van der Waals surface area (Å²) in [7, 11) is 5.77. The molecule has 0 saturated heterocycles. The predicted molar refractivity (Wildman–Crippen MR) is 44.5 cm³/mol. The third-order valence-electron chi connectivity index (χ3n) is 1.30. The van der Waals surface area contributed by atoms with Gasteiger partial charge in [0, 0.05) is 0 Å². The lowest BCUT2D eigenvalue weighted by Crippen LogP contribution is -2.11. The molecule has 12 heavy (non-hydrogen) atoms. The second-order valence-electron chi connectivity index (χ2n) is 2.87. The highest BCUT2D eigenvalue weighted by molar-refractivity contribution is 4.84. The van der Waals surface area contributed by atoms with Gasteiger partial charge < -0.3 is 14.7 Å². The number of rotatable bonds is 4. The van der Waals surface area contributed by atoms with Gasteiger partial charge in [-0.05, 0) is 21.1 Å². The van der Waals surface area contributed by atoms with Crippen molar-refractivity contribution in [2.45, 2.75) is 13.1 Å². The Kier molecular flexibility index (Phi) is 3.19. The van der Waals surface area contributed by atoms with Gasteiger partial charge in [-0.2, -0.15) is 4.98 Å². The molecule has 1 heterocycles. The van der Waals surface area contributed by atoms with Crippen LogP contribution in [0.15, 0.2) is 4.52 Å². The highest BCUT2D eigenvalue weighted by atomic mass is 16.5. The summed E-state index contributed by atoms with van der Waals surface area (Å²) in [6, 6.07) is 0. The summed E-state index contributed by atoms with van der Waals surface area (Å²) in [6.07, 6.45) is 0. The van der Waals surface area contributed by atoms with Gasteiger partial charge in [0.1, 0.15) is 0 Å². The molecule has 68 valence electrons. The molecular weight excluding hydrogens is 156 g/mol. The molecule has 0 aliphatic rings. The lowest BCUT2D eigenvalue weighted by molar-refractivity contribution is 0.301. The van der Waals surface area contributed by atoms with E-state index >= 15 is 0 Å². The van der Waals surface area contributed by atoms with Crippen LogP contribution in [0.2, 0.25) is 0 Å². The van der Waals surface area contributed by atoms with Crippen LogP contribution in [0.1, 0.15) is 11.7 Å². The van der Waals surface area contributed by atoms with E-state index in [2.05, 4.69) is 15.5 Å². The third kappa shape index (κ3) is 2.60. The monoisotopic (exact) mass is 170 g/mol. The van der Waals surface area contributed by atoms with Crippen molar-refractivity contribution in [2.75, 3.05) is 21.1 Å². The maximum Gasteiger partial charge on any atom is 0.240 e. The van der Waals surface area contributed by atoms with Crippen molar-refractivity contribution in [3.8, 4) is 0 Å². The van der Waals surface area contributed by atoms with Crippen molar-refractivity contribution >= 4 is 0 Å². The second kappa shape index (κ2) is 4.18. The van der Waals surface area contributed by atoms with E-state index in [4.69, 9.17) is 4.52 Å². The van der Waals surface area contributed by atoms with E-state index in [0.717, 1.165) is 0 Å². The first-order valence-electron chi connectivity index (χ1n) is 3.83. The molecular formula is C7H14N4O. The molecule has 0 atom stereocenters. The fourth-order valence-electron chi connectivity index (χ4n) is 0.855. The highest BCUT2D eigenvalue weighted by Gasteiger charge is 2.05. The van der Waals surface area contributed by atoms with Crippen molar-refractivity contribution in [2.24, 2.45) is 0 Å². The zero-order valence-corrected chi connectivity index (χ0v) is 7.66. The van der Waals surface area contributed by atoms with Crippen LogP contribution in [0.4, 0.5) is 0 Å². The molecule has 1 rings (SSSR count). The Morgan fingerprint density at radius 1 is 1.50 bits per heavy atom. The summed E-state index contributed by atoms with van der Waals surface area (Å²) in [5.74, 6) is 1.36. The average molecular weight is 170 g/mol. The molecule has 0 radical (unpaired) electrons. The number of nitrogens with zero attached hydrogens (tertiary/aromatic N) is 3. The molecule has 0 aromatic carbocycles. The minimum atomic E-state index is 0.650. The van der Waals surface area contributed by atoms with Crippen LogP contribution >= 0.6 is 0 Å². The number of aromatic nitrogens is 2. The molecule has 0 unspecified atom stereocenters. The van der Waals surface area contributed by atoms with Crippen LogP contribution in [-0.2, 0) is 13.1 Å². The summed E-state index contributed by atoms with van der Waals surface area (Å²) in [6.45, 7) is 1.34. The Hall–Kier alpha value is -0.940. The lowest BCUT2D eigenvalue weighted by Gasteiger charge is -2.02. The Balaban J connectivity index is 2.52. The van der Waals surface area contributed by atoms with Gasteiger partial charge >= 0.3 is 0 Å². The summed E-state index contributed by atoms with van der Waals surface area (Å²) in [5.41, 5.74) is 0. The first-order chi connectivity index (χ1) is 5.72. The predicted octanol–water partition coefficient (Wildman–Crippen LogP) is -0.149. The molecule has 5 nitrogen and oxygen atoms in total. The number of hydrogen-bond acceptors (Lipinski definition) is 5. The van der Waals surface area contributed by atoms with Gasteiger partial charge in [-0.15, -0.1) is 0 Å². The normalized spacial score (nSPS) is 11.0. The van der Waals surface area contributed by atoms with Gasteiger partial charge in [0.15, 0.2) is 5.82 Å². The van der Waals surface area contributed by atoms with Gasteiger partial charge in [0.05, 0.1) is 13.1 Å². The van der Waals surface area contributed by atoms with Gasteiger partial charge in [0.2, 0.25) is 5.89 Å². The standard InChI is InChI=1S/C7H14N4O/c1-8-4-6-9-7(12-10-6)5-11(2)3/h8H,4-5H2,1-3H3. The number of hydrogen-bond donors (Lipinski definition) is 1. The molecule has 0 amide bonds. The summed E-state index contributed by atoms with van der Waals surface area (Å²) < 4.78 is 4.99. The van der Waals surface area contributed by atoms with Crippen molar-refractivity contribution in [3.05, 3.63) is 11.7 Å².